The lowest BCUT2D eigenvalue weighted by atomic mass is 10.2. The van der Waals surface area contributed by atoms with Crippen LogP contribution in [-0.4, -0.2) is 24.3 Å². The van der Waals surface area contributed by atoms with Gasteiger partial charge in [-0.25, -0.2) is 0 Å². The first-order valence-corrected chi connectivity index (χ1v) is 5.59. The van der Waals surface area contributed by atoms with Gasteiger partial charge in [0.1, 0.15) is 0 Å². The van der Waals surface area contributed by atoms with Crippen molar-refractivity contribution < 1.29 is 9.47 Å². The van der Waals surface area contributed by atoms with E-state index in [1.54, 1.807) is 6.20 Å². The fraction of sp³-hybridized carbons (Fsp3) is 0.583. The molecule has 16 heavy (non-hydrogen) atoms. The molecule has 0 amide bonds. The summed E-state index contributed by atoms with van der Waals surface area (Å²) >= 11 is 0. The third-order valence-corrected chi connectivity index (χ3v) is 2.19. The van der Waals surface area contributed by atoms with Crippen LogP contribution in [0.1, 0.15) is 25.1 Å². The third kappa shape index (κ3) is 4.70. The van der Waals surface area contributed by atoms with Crippen LogP contribution in [0, 0.1) is 0 Å². The molecule has 0 bridgehead atoms. The first-order chi connectivity index (χ1) is 7.76. The lowest BCUT2D eigenvalue weighted by Crippen LogP contribution is -2.16. The SMILES string of the molecule is CCOCC(C)OCc1ccc(CN)cn1. The molecule has 0 aliphatic heterocycles. The summed E-state index contributed by atoms with van der Waals surface area (Å²) in [6.07, 6.45) is 1.88. The highest BCUT2D eigenvalue weighted by Gasteiger charge is 2.03. The van der Waals surface area contributed by atoms with Crippen molar-refractivity contribution in [3.63, 3.8) is 0 Å². The fourth-order valence-corrected chi connectivity index (χ4v) is 1.22. The van der Waals surface area contributed by atoms with Crippen LogP contribution in [0.15, 0.2) is 18.3 Å². The van der Waals surface area contributed by atoms with Crippen molar-refractivity contribution in [3.8, 4) is 0 Å². The average molecular weight is 224 g/mol. The molecule has 4 heteroatoms. The molecular formula is C12H20N2O2. The van der Waals surface area contributed by atoms with Crippen molar-refractivity contribution in [3.05, 3.63) is 29.6 Å². The summed E-state index contributed by atoms with van der Waals surface area (Å²) in [5.74, 6) is 0. The second-order valence-corrected chi connectivity index (χ2v) is 3.64. The van der Waals surface area contributed by atoms with Gasteiger partial charge in [0.05, 0.1) is 25.0 Å². The highest BCUT2D eigenvalue weighted by Crippen LogP contribution is 2.03. The molecule has 0 aliphatic rings. The van der Waals surface area contributed by atoms with Crippen LogP contribution in [0.2, 0.25) is 0 Å². The van der Waals surface area contributed by atoms with E-state index in [4.69, 9.17) is 15.2 Å². The van der Waals surface area contributed by atoms with E-state index in [1.165, 1.54) is 0 Å². The maximum absolute atomic E-state index is 5.58. The Morgan fingerprint density at radius 3 is 2.81 bits per heavy atom. The van der Waals surface area contributed by atoms with E-state index < -0.39 is 0 Å². The van der Waals surface area contributed by atoms with E-state index in [2.05, 4.69) is 4.98 Å². The van der Waals surface area contributed by atoms with Gasteiger partial charge >= 0.3 is 0 Å². The van der Waals surface area contributed by atoms with E-state index in [9.17, 15) is 0 Å². The van der Waals surface area contributed by atoms with Crippen LogP contribution >= 0.6 is 0 Å². The highest BCUT2D eigenvalue weighted by atomic mass is 16.5. The molecule has 1 aromatic rings. The Balaban J connectivity index is 2.30. The molecule has 0 saturated heterocycles. The van der Waals surface area contributed by atoms with Crippen molar-refractivity contribution >= 4 is 0 Å². The zero-order chi connectivity index (χ0) is 11.8. The lowest BCUT2D eigenvalue weighted by Gasteiger charge is -2.12. The van der Waals surface area contributed by atoms with E-state index >= 15 is 0 Å². The molecule has 1 aromatic heterocycles. The Morgan fingerprint density at radius 1 is 1.44 bits per heavy atom. The molecule has 0 spiro atoms. The molecule has 0 fully saturated rings. The third-order valence-electron chi connectivity index (χ3n) is 2.19. The topological polar surface area (TPSA) is 57.4 Å². The predicted octanol–water partition coefficient (Wildman–Crippen LogP) is 1.48. The molecular weight excluding hydrogens is 204 g/mol. The molecule has 1 heterocycles. The van der Waals surface area contributed by atoms with Gasteiger partial charge in [0.15, 0.2) is 0 Å². The van der Waals surface area contributed by atoms with Crippen molar-refractivity contribution in [1.29, 1.82) is 0 Å². The average Bonchev–Trinajstić information content (AvgIpc) is 2.34. The van der Waals surface area contributed by atoms with Crippen molar-refractivity contribution in [2.45, 2.75) is 33.1 Å². The Morgan fingerprint density at radius 2 is 2.25 bits per heavy atom. The van der Waals surface area contributed by atoms with Crippen LogP contribution in [0.25, 0.3) is 0 Å². The Kier molecular flexibility index (Phi) is 6.00. The first-order valence-electron chi connectivity index (χ1n) is 5.59. The number of hydrogen-bond acceptors (Lipinski definition) is 4. The van der Waals surface area contributed by atoms with Gasteiger partial charge in [-0.3, -0.25) is 4.98 Å². The van der Waals surface area contributed by atoms with Gasteiger partial charge in [-0.2, -0.15) is 0 Å². The largest absolute Gasteiger partial charge is 0.379 e. The number of pyridine rings is 1. The smallest absolute Gasteiger partial charge is 0.0892 e. The summed E-state index contributed by atoms with van der Waals surface area (Å²) in [7, 11) is 0. The van der Waals surface area contributed by atoms with Crippen molar-refractivity contribution in [1.82, 2.24) is 4.98 Å². The number of aromatic nitrogens is 1. The van der Waals surface area contributed by atoms with Gasteiger partial charge in [-0.1, -0.05) is 6.07 Å². The molecule has 1 unspecified atom stereocenters. The molecule has 0 aliphatic carbocycles. The van der Waals surface area contributed by atoms with E-state index in [-0.39, 0.29) is 6.10 Å². The van der Waals surface area contributed by atoms with E-state index in [0.717, 1.165) is 17.9 Å². The summed E-state index contributed by atoms with van der Waals surface area (Å²) in [5.41, 5.74) is 7.44. The maximum Gasteiger partial charge on any atom is 0.0892 e. The number of hydrogen-bond donors (Lipinski definition) is 1. The minimum atomic E-state index is 0.0935. The van der Waals surface area contributed by atoms with Gasteiger partial charge in [0.25, 0.3) is 0 Å². The second-order valence-electron chi connectivity index (χ2n) is 3.64. The fourth-order valence-electron chi connectivity index (χ4n) is 1.22. The molecule has 1 atom stereocenters. The maximum atomic E-state index is 5.58. The summed E-state index contributed by atoms with van der Waals surface area (Å²) in [4.78, 5) is 4.26. The number of nitrogens with two attached hydrogens (primary N) is 1. The first kappa shape index (κ1) is 13.1. The van der Waals surface area contributed by atoms with Crippen LogP contribution in [-0.2, 0) is 22.6 Å². The standard InChI is InChI=1S/C12H20N2O2/c1-3-15-8-10(2)16-9-12-5-4-11(6-13)7-14-12/h4-5,7,10H,3,6,8-9,13H2,1-2H3. The number of rotatable bonds is 7. The Labute approximate surface area is 96.8 Å². The normalized spacial score (nSPS) is 12.7. The van der Waals surface area contributed by atoms with Crippen LogP contribution in [0.3, 0.4) is 0 Å². The number of ether oxygens (including phenoxy) is 2. The predicted molar refractivity (Wildman–Crippen MR) is 62.9 cm³/mol. The van der Waals surface area contributed by atoms with Gasteiger partial charge in [-0.15, -0.1) is 0 Å². The van der Waals surface area contributed by atoms with Gasteiger partial charge in [0.2, 0.25) is 0 Å². The minimum absolute atomic E-state index is 0.0935. The molecule has 1 rings (SSSR count). The zero-order valence-electron chi connectivity index (χ0n) is 9.98. The zero-order valence-corrected chi connectivity index (χ0v) is 9.98. The molecule has 90 valence electrons. The van der Waals surface area contributed by atoms with E-state index in [1.807, 2.05) is 26.0 Å². The van der Waals surface area contributed by atoms with Gasteiger partial charge in [-0.05, 0) is 25.5 Å². The summed E-state index contributed by atoms with van der Waals surface area (Å²) in [6, 6.07) is 3.91. The van der Waals surface area contributed by atoms with Gasteiger partial charge in [0, 0.05) is 19.3 Å². The van der Waals surface area contributed by atoms with Crippen molar-refractivity contribution in [2.75, 3.05) is 13.2 Å². The Bertz CT molecular complexity index is 288. The monoisotopic (exact) mass is 224 g/mol. The lowest BCUT2D eigenvalue weighted by molar-refractivity contribution is -0.0127. The second kappa shape index (κ2) is 7.33. The highest BCUT2D eigenvalue weighted by molar-refractivity contribution is 5.13. The van der Waals surface area contributed by atoms with Crippen LogP contribution in [0.5, 0.6) is 0 Å². The molecule has 0 saturated carbocycles. The molecule has 0 aromatic carbocycles. The number of nitrogens with zero attached hydrogens (tertiary/aromatic N) is 1. The molecule has 4 nitrogen and oxygen atoms in total. The summed E-state index contributed by atoms with van der Waals surface area (Å²) in [6.45, 7) is 6.34. The summed E-state index contributed by atoms with van der Waals surface area (Å²) in [5, 5.41) is 0. The summed E-state index contributed by atoms with van der Waals surface area (Å²) < 4.78 is 10.8. The quantitative estimate of drug-likeness (QED) is 0.762. The van der Waals surface area contributed by atoms with Crippen molar-refractivity contribution in [2.24, 2.45) is 5.73 Å². The minimum Gasteiger partial charge on any atom is -0.379 e. The van der Waals surface area contributed by atoms with Gasteiger partial charge < -0.3 is 15.2 Å². The molecule has 0 radical (unpaired) electrons. The van der Waals surface area contributed by atoms with E-state index in [0.29, 0.717) is 19.8 Å². The Hall–Kier alpha value is -0.970. The van der Waals surface area contributed by atoms with Crippen LogP contribution in [0.4, 0.5) is 0 Å². The molecule has 2 N–H and O–H groups in total. The van der Waals surface area contributed by atoms with Crippen LogP contribution < -0.4 is 5.73 Å².